The zero-order valence-electron chi connectivity index (χ0n) is 18.3. The number of hydrogen-bond donors (Lipinski definition) is 3. The van der Waals surface area contributed by atoms with Crippen LogP contribution in [0.25, 0.3) is 0 Å². The zero-order valence-corrected chi connectivity index (χ0v) is 19.2. The number of amides is 2. The summed E-state index contributed by atoms with van der Waals surface area (Å²) >= 11 is 0. The van der Waals surface area contributed by atoms with Crippen LogP contribution in [-0.4, -0.2) is 26.7 Å². The van der Waals surface area contributed by atoms with Gasteiger partial charge >= 0.3 is 6.03 Å². The number of ether oxygens (including phenoxy) is 1. The Morgan fingerprint density at radius 1 is 1.00 bits per heavy atom. The number of hydrogen-bond acceptors (Lipinski definition) is 5. The van der Waals surface area contributed by atoms with Crippen LogP contribution in [-0.2, 0) is 9.84 Å². The molecule has 0 heterocycles. The van der Waals surface area contributed by atoms with Gasteiger partial charge in [-0.25, -0.2) is 13.2 Å². The maximum atomic E-state index is 13.5. The second-order valence-electron chi connectivity index (χ2n) is 7.61. The third-order valence-electron chi connectivity index (χ3n) is 4.98. The predicted octanol–water partition coefficient (Wildman–Crippen LogP) is 5.31. The first-order chi connectivity index (χ1) is 15.1. The van der Waals surface area contributed by atoms with E-state index in [1.54, 1.807) is 63.2 Å². The average molecular weight is 455 g/mol. The van der Waals surface area contributed by atoms with Crippen LogP contribution in [0.1, 0.15) is 30.9 Å². The Labute approximate surface area is 188 Å². The van der Waals surface area contributed by atoms with Gasteiger partial charge in [0.05, 0.1) is 12.0 Å². The van der Waals surface area contributed by atoms with Gasteiger partial charge in [0.2, 0.25) is 9.84 Å². The van der Waals surface area contributed by atoms with E-state index < -0.39 is 15.9 Å². The second-order valence-corrected chi connectivity index (χ2v) is 9.50. The molecule has 0 aliphatic carbocycles. The number of phenols is 1. The predicted molar refractivity (Wildman–Crippen MR) is 124 cm³/mol. The Morgan fingerprint density at radius 3 is 2.19 bits per heavy atom. The van der Waals surface area contributed by atoms with Gasteiger partial charge in [-0.15, -0.1) is 0 Å². The lowest BCUT2D eigenvalue weighted by molar-refractivity contribution is 0.262. The number of para-hydroxylation sites is 1. The van der Waals surface area contributed by atoms with Crippen molar-refractivity contribution >= 4 is 27.2 Å². The Balaban J connectivity index is 2.09. The first-order valence-corrected chi connectivity index (χ1v) is 11.5. The maximum Gasteiger partial charge on any atom is 0.323 e. The van der Waals surface area contributed by atoms with Crippen molar-refractivity contribution in [2.24, 2.45) is 0 Å². The third-order valence-corrected chi connectivity index (χ3v) is 6.82. The lowest BCUT2D eigenvalue weighted by atomic mass is 9.98. The molecular formula is C24H26N2O5S. The minimum absolute atomic E-state index is 0.0146. The van der Waals surface area contributed by atoms with Crippen LogP contribution in [0.2, 0.25) is 0 Å². The van der Waals surface area contributed by atoms with E-state index in [1.165, 1.54) is 19.2 Å². The lowest BCUT2D eigenvalue weighted by Crippen LogP contribution is -2.21. The number of benzene rings is 3. The number of anilines is 2. The van der Waals surface area contributed by atoms with Crippen molar-refractivity contribution in [1.82, 2.24) is 0 Å². The summed E-state index contributed by atoms with van der Waals surface area (Å²) in [5, 5.41) is 16.2. The molecule has 0 bridgehead atoms. The summed E-state index contributed by atoms with van der Waals surface area (Å²) < 4.78 is 32.2. The van der Waals surface area contributed by atoms with Crippen LogP contribution in [0, 0.1) is 6.92 Å². The van der Waals surface area contributed by atoms with Crippen molar-refractivity contribution < 1.29 is 23.1 Å². The van der Waals surface area contributed by atoms with Gasteiger partial charge in [0, 0.05) is 16.9 Å². The molecule has 0 aliphatic rings. The normalized spacial score (nSPS) is 11.3. The summed E-state index contributed by atoms with van der Waals surface area (Å²) in [5.74, 6) is -0.128. The van der Waals surface area contributed by atoms with Crippen LogP contribution in [0.5, 0.6) is 11.5 Å². The summed E-state index contributed by atoms with van der Waals surface area (Å²) in [7, 11) is -2.60. The first-order valence-electron chi connectivity index (χ1n) is 10.0. The molecule has 0 aromatic heterocycles. The summed E-state index contributed by atoms with van der Waals surface area (Å²) in [6, 6.07) is 15.9. The van der Waals surface area contributed by atoms with Gasteiger partial charge < -0.3 is 20.5 Å². The fourth-order valence-electron chi connectivity index (χ4n) is 3.42. The van der Waals surface area contributed by atoms with E-state index >= 15 is 0 Å². The number of nitrogens with one attached hydrogen (secondary N) is 2. The van der Waals surface area contributed by atoms with Crippen LogP contribution in [0.15, 0.2) is 70.5 Å². The van der Waals surface area contributed by atoms with E-state index in [9.17, 15) is 18.3 Å². The minimum atomic E-state index is -4.09. The van der Waals surface area contributed by atoms with Crippen LogP contribution in [0.4, 0.5) is 16.2 Å². The number of rotatable bonds is 6. The summed E-state index contributed by atoms with van der Waals surface area (Å²) in [6.07, 6.45) is 0. The molecule has 0 aliphatic heterocycles. The summed E-state index contributed by atoms with van der Waals surface area (Å²) in [6.45, 7) is 5.20. The van der Waals surface area contributed by atoms with Crippen molar-refractivity contribution in [1.29, 1.82) is 0 Å². The van der Waals surface area contributed by atoms with Crippen molar-refractivity contribution in [3.8, 4) is 11.5 Å². The molecule has 3 aromatic carbocycles. The van der Waals surface area contributed by atoms with E-state index in [1.807, 2.05) is 6.07 Å². The van der Waals surface area contributed by atoms with Crippen LogP contribution >= 0.6 is 0 Å². The molecule has 0 fully saturated rings. The van der Waals surface area contributed by atoms with E-state index in [4.69, 9.17) is 4.74 Å². The number of sulfone groups is 1. The molecule has 0 unspecified atom stereocenters. The molecule has 3 aromatic rings. The summed E-state index contributed by atoms with van der Waals surface area (Å²) in [5.41, 5.74) is 1.57. The molecular weight excluding hydrogens is 428 g/mol. The molecule has 0 saturated heterocycles. The molecule has 168 valence electrons. The van der Waals surface area contributed by atoms with Gasteiger partial charge in [-0.2, -0.15) is 0 Å². The highest BCUT2D eigenvalue weighted by Gasteiger charge is 2.30. The number of methoxy groups -OCH3 is 1. The molecule has 0 radical (unpaired) electrons. The van der Waals surface area contributed by atoms with Crippen molar-refractivity contribution in [2.75, 3.05) is 17.7 Å². The zero-order chi connectivity index (χ0) is 23.5. The molecule has 3 rings (SSSR count). The average Bonchev–Trinajstić information content (AvgIpc) is 2.76. The Hall–Kier alpha value is -3.52. The Bertz CT molecular complexity index is 1220. The molecule has 0 saturated carbocycles. The minimum Gasteiger partial charge on any atom is -0.506 e. The van der Waals surface area contributed by atoms with Gasteiger partial charge in [0.25, 0.3) is 0 Å². The first kappa shape index (κ1) is 23.1. The quantitative estimate of drug-likeness (QED) is 0.438. The van der Waals surface area contributed by atoms with Gasteiger partial charge in [-0.1, -0.05) is 32.0 Å². The van der Waals surface area contributed by atoms with Crippen molar-refractivity contribution in [2.45, 2.75) is 36.5 Å². The van der Waals surface area contributed by atoms with Gasteiger partial charge in [-0.3, -0.25) is 0 Å². The lowest BCUT2D eigenvalue weighted by Gasteiger charge is -2.21. The molecule has 2 amide bonds. The highest BCUT2D eigenvalue weighted by Crippen LogP contribution is 2.42. The van der Waals surface area contributed by atoms with Crippen LogP contribution < -0.4 is 15.4 Å². The molecule has 7 nitrogen and oxygen atoms in total. The van der Waals surface area contributed by atoms with Gasteiger partial charge in [-0.05, 0) is 60.9 Å². The number of aromatic hydroxyl groups is 1. The van der Waals surface area contributed by atoms with Gasteiger partial charge in [0.1, 0.15) is 16.4 Å². The standard InChI is InChI=1S/C24H26N2O5S/c1-15(2)21-20(26-24(28)25-17-8-6-5-7-9-17)14-16(3)22(27)23(21)32(29,30)19-12-10-18(31-4)11-13-19/h5-15,27H,1-4H3,(H2,25,26,28). The molecule has 32 heavy (non-hydrogen) atoms. The Kier molecular flexibility index (Phi) is 6.74. The largest absolute Gasteiger partial charge is 0.506 e. The van der Waals surface area contributed by atoms with Crippen molar-refractivity contribution in [3.63, 3.8) is 0 Å². The second kappa shape index (κ2) is 9.32. The Morgan fingerprint density at radius 2 is 1.62 bits per heavy atom. The number of phenolic OH excluding ortho intramolecular Hbond substituents is 1. The number of aryl methyl sites for hydroxylation is 1. The highest BCUT2D eigenvalue weighted by atomic mass is 32.2. The van der Waals surface area contributed by atoms with E-state index in [2.05, 4.69) is 10.6 Å². The fraction of sp³-hybridized carbons (Fsp3) is 0.208. The SMILES string of the molecule is COc1ccc(S(=O)(=O)c2c(O)c(C)cc(NC(=O)Nc3ccccc3)c2C(C)C)cc1. The van der Waals surface area contributed by atoms with E-state index in [0.29, 0.717) is 28.3 Å². The molecule has 8 heteroatoms. The molecule has 0 spiro atoms. The fourth-order valence-corrected chi connectivity index (χ4v) is 5.20. The van der Waals surface area contributed by atoms with Crippen molar-refractivity contribution in [3.05, 3.63) is 71.8 Å². The maximum absolute atomic E-state index is 13.5. The topological polar surface area (TPSA) is 105 Å². The number of carbonyl (C=O) groups is 1. The molecule has 0 atom stereocenters. The van der Waals surface area contributed by atoms with E-state index in [0.717, 1.165) is 0 Å². The number of carbonyl (C=O) groups excluding carboxylic acids is 1. The molecule has 3 N–H and O–H groups in total. The smallest absolute Gasteiger partial charge is 0.323 e. The monoisotopic (exact) mass is 454 g/mol. The highest BCUT2D eigenvalue weighted by molar-refractivity contribution is 7.91. The van der Waals surface area contributed by atoms with E-state index in [-0.39, 0.29) is 21.5 Å². The van der Waals surface area contributed by atoms with Gasteiger partial charge in [0.15, 0.2) is 0 Å². The summed E-state index contributed by atoms with van der Waals surface area (Å²) in [4.78, 5) is 12.4. The number of urea groups is 1. The third kappa shape index (κ3) is 4.70. The van der Waals surface area contributed by atoms with Crippen LogP contribution in [0.3, 0.4) is 0 Å².